The van der Waals surface area contributed by atoms with Crippen LogP contribution >= 0.6 is 0 Å². The summed E-state index contributed by atoms with van der Waals surface area (Å²) in [7, 11) is 0. The van der Waals surface area contributed by atoms with Crippen molar-refractivity contribution in [2.24, 2.45) is 11.7 Å². The van der Waals surface area contributed by atoms with E-state index in [1.165, 1.54) is 0 Å². The minimum absolute atomic E-state index is 0.112. The van der Waals surface area contributed by atoms with Crippen LogP contribution in [0.3, 0.4) is 0 Å². The number of carbonyl (C=O) groups is 1. The molecule has 0 aliphatic carbocycles. The molecule has 1 aliphatic heterocycles. The molecular formula is C9H18N2O2. The molecule has 1 heterocycles. The average molecular weight is 186 g/mol. The maximum Gasteiger partial charge on any atom is 0.223 e. The molecular weight excluding hydrogens is 168 g/mol. The lowest BCUT2D eigenvalue weighted by Crippen LogP contribution is -2.45. The first-order chi connectivity index (χ1) is 6.15. The molecule has 4 heteroatoms. The highest BCUT2D eigenvalue weighted by molar-refractivity contribution is 5.76. The molecule has 1 rings (SSSR count). The van der Waals surface area contributed by atoms with Gasteiger partial charge in [-0.05, 0) is 12.3 Å². The predicted octanol–water partition coefficient (Wildman–Crippen LogP) is -0.435. The second-order valence-corrected chi connectivity index (χ2v) is 3.71. The molecule has 0 aromatic heterocycles. The van der Waals surface area contributed by atoms with Gasteiger partial charge in [-0.1, -0.05) is 6.92 Å². The van der Waals surface area contributed by atoms with Crippen LogP contribution in [0.25, 0.3) is 0 Å². The summed E-state index contributed by atoms with van der Waals surface area (Å²) in [6, 6.07) is 0. The van der Waals surface area contributed by atoms with Crippen LogP contribution < -0.4 is 5.73 Å². The van der Waals surface area contributed by atoms with Gasteiger partial charge in [0, 0.05) is 26.1 Å². The lowest BCUT2D eigenvalue weighted by molar-refractivity contribution is -0.134. The van der Waals surface area contributed by atoms with Crippen molar-refractivity contribution in [2.45, 2.75) is 25.9 Å². The molecule has 0 aromatic rings. The Morgan fingerprint density at radius 2 is 2.38 bits per heavy atom. The molecule has 1 aliphatic rings. The first-order valence-corrected chi connectivity index (χ1v) is 4.81. The lowest BCUT2D eigenvalue weighted by atomic mass is 9.96. The third-order valence-electron chi connectivity index (χ3n) is 2.57. The number of hydrogen-bond donors (Lipinski definition) is 2. The van der Waals surface area contributed by atoms with E-state index in [2.05, 4.69) is 0 Å². The van der Waals surface area contributed by atoms with Gasteiger partial charge in [0.2, 0.25) is 5.91 Å². The van der Waals surface area contributed by atoms with E-state index in [1.54, 1.807) is 4.90 Å². The minimum Gasteiger partial charge on any atom is -0.393 e. The number of aliphatic hydroxyl groups is 1. The van der Waals surface area contributed by atoms with Crippen molar-refractivity contribution >= 4 is 5.91 Å². The van der Waals surface area contributed by atoms with Crippen molar-refractivity contribution in [1.82, 2.24) is 4.90 Å². The fourth-order valence-corrected chi connectivity index (χ4v) is 1.64. The molecule has 1 amide bonds. The molecule has 2 unspecified atom stereocenters. The van der Waals surface area contributed by atoms with Gasteiger partial charge in [0.25, 0.3) is 0 Å². The van der Waals surface area contributed by atoms with Gasteiger partial charge in [-0.25, -0.2) is 0 Å². The quantitative estimate of drug-likeness (QED) is 0.614. The maximum absolute atomic E-state index is 11.4. The number of nitrogens with two attached hydrogens (primary N) is 1. The summed E-state index contributed by atoms with van der Waals surface area (Å²) >= 11 is 0. The number of rotatable bonds is 2. The van der Waals surface area contributed by atoms with Crippen LogP contribution in [0.4, 0.5) is 0 Å². The molecule has 0 bridgehead atoms. The third kappa shape index (κ3) is 2.67. The fourth-order valence-electron chi connectivity index (χ4n) is 1.64. The van der Waals surface area contributed by atoms with E-state index in [9.17, 15) is 9.90 Å². The van der Waals surface area contributed by atoms with Gasteiger partial charge in [-0.2, -0.15) is 0 Å². The molecule has 0 saturated carbocycles. The van der Waals surface area contributed by atoms with Crippen molar-refractivity contribution in [3.8, 4) is 0 Å². The van der Waals surface area contributed by atoms with Gasteiger partial charge >= 0.3 is 0 Å². The van der Waals surface area contributed by atoms with E-state index < -0.39 is 0 Å². The molecule has 2 atom stereocenters. The number of hydrogen-bond acceptors (Lipinski definition) is 3. The Labute approximate surface area is 78.7 Å². The molecule has 76 valence electrons. The standard InChI is InChI=1S/C9H18N2O2/c1-7-6-11(5-3-8(7)12)9(13)2-4-10/h7-8,12H,2-6,10H2,1H3. The molecule has 0 radical (unpaired) electrons. The van der Waals surface area contributed by atoms with Gasteiger partial charge in [0.15, 0.2) is 0 Å². The zero-order valence-electron chi connectivity index (χ0n) is 8.07. The Morgan fingerprint density at radius 1 is 1.69 bits per heavy atom. The summed E-state index contributed by atoms with van der Waals surface area (Å²) in [5.41, 5.74) is 5.30. The normalized spacial score (nSPS) is 29.0. The highest BCUT2D eigenvalue weighted by atomic mass is 16.3. The summed E-state index contributed by atoms with van der Waals surface area (Å²) < 4.78 is 0. The monoisotopic (exact) mass is 186 g/mol. The summed E-state index contributed by atoms with van der Waals surface area (Å²) in [5, 5.41) is 9.44. The second kappa shape index (κ2) is 4.58. The topological polar surface area (TPSA) is 66.6 Å². The highest BCUT2D eigenvalue weighted by Gasteiger charge is 2.26. The Morgan fingerprint density at radius 3 is 2.92 bits per heavy atom. The van der Waals surface area contributed by atoms with E-state index in [-0.39, 0.29) is 17.9 Å². The number of carbonyl (C=O) groups excluding carboxylic acids is 1. The molecule has 0 spiro atoms. The van der Waals surface area contributed by atoms with Crippen molar-refractivity contribution in [3.63, 3.8) is 0 Å². The number of aliphatic hydroxyl groups excluding tert-OH is 1. The smallest absolute Gasteiger partial charge is 0.223 e. The van der Waals surface area contributed by atoms with Crippen molar-refractivity contribution < 1.29 is 9.90 Å². The fraction of sp³-hybridized carbons (Fsp3) is 0.889. The van der Waals surface area contributed by atoms with Crippen LogP contribution in [0, 0.1) is 5.92 Å². The van der Waals surface area contributed by atoms with Crippen LogP contribution in [-0.4, -0.2) is 41.7 Å². The van der Waals surface area contributed by atoms with Crippen LogP contribution in [0.2, 0.25) is 0 Å². The highest BCUT2D eigenvalue weighted by Crippen LogP contribution is 2.16. The summed E-state index contributed by atoms with van der Waals surface area (Å²) in [4.78, 5) is 13.2. The van der Waals surface area contributed by atoms with Crippen molar-refractivity contribution in [2.75, 3.05) is 19.6 Å². The van der Waals surface area contributed by atoms with E-state index in [0.29, 0.717) is 32.5 Å². The molecule has 4 nitrogen and oxygen atoms in total. The largest absolute Gasteiger partial charge is 0.393 e. The van der Waals surface area contributed by atoms with E-state index in [0.717, 1.165) is 0 Å². The Bertz CT molecular complexity index is 184. The molecule has 1 saturated heterocycles. The average Bonchev–Trinajstić information content (AvgIpc) is 2.10. The number of likely N-dealkylation sites (tertiary alicyclic amines) is 1. The van der Waals surface area contributed by atoms with Gasteiger partial charge in [0.1, 0.15) is 0 Å². The van der Waals surface area contributed by atoms with Crippen LogP contribution in [-0.2, 0) is 4.79 Å². The van der Waals surface area contributed by atoms with Crippen molar-refractivity contribution in [3.05, 3.63) is 0 Å². The summed E-state index contributed by atoms with van der Waals surface area (Å²) in [5.74, 6) is 0.303. The van der Waals surface area contributed by atoms with Gasteiger partial charge < -0.3 is 15.7 Å². The molecule has 0 aromatic carbocycles. The first kappa shape index (κ1) is 10.5. The molecule has 3 N–H and O–H groups in total. The Balaban J connectivity index is 2.40. The minimum atomic E-state index is -0.248. The van der Waals surface area contributed by atoms with Gasteiger partial charge in [0.05, 0.1) is 6.10 Å². The summed E-state index contributed by atoms with van der Waals surface area (Å²) in [6.07, 6.45) is 0.863. The molecule has 1 fully saturated rings. The van der Waals surface area contributed by atoms with E-state index >= 15 is 0 Å². The Kier molecular flexibility index (Phi) is 3.69. The summed E-state index contributed by atoms with van der Waals surface area (Å²) in [6.45, 7) is 3.71. The van der Waals surface area contributed by atoms with Crippen LogP contribution in [0.5, 0.6) is 0 Å². The lowest BCUT2D eigenvalue weighted by Gasteiger charge is -2.34. The van der Waals surface area contributed by atoms with Crippen molar-refractivity contribution in [1.29, 1.82) is 0 Å². The zero-order valence-corrected chi connectivity index (χ0v) is 8.07. The maximum atomic E-state index is 11.4. The SMILES string of the molecule is CC1CN(C(=O)CCN)CCC1O. The van der Waals surface area contributed by atoms with Gasteiger partial charge in [-0.15, -0.1) is 0 Å². The van der Waals surface area contributed by atoms with Gasteiger partial charge in [-0.3, -0.25) is 4.79 Å². The van der Waals surface area contributed by atoms with Crippen LogP contribution in [0.1, 0.15) is 19.8 Å². The number of piperidine rings is 1. The predicted molar refractivity (Wildman–Crippen MR) is 50.0 cm³/mol. The first-order valence-electron chi connectivity index (χ1n) is 4.81. The van der Waals surface area contributed by atoms with E-state index in [1.807, 2.05) is 6.92 Å². The molecule has 13 heavy (non-hydrogen) atoms. The number of amides is 1. The second-order valence-electron chi connectivity index (χ2n) is 3.71. The van der Waals surface area contributed by atoms with Crippen LogP contribution in [0.15, 0.2) is 0 Å². The van der Waals surface area contributed by atoms with E-state index in [4.69, 9.17) is 5.73 Å². The Hall–Kier alpha value is -0.610. The zero-order chi connectivity index (χ0) is 9.84. The number of nitrogens with zero attached hydrogens (tertiary/aromatic N) is 1. The third-order valence-corrected chi connectivity index (χ3v) is 2.57.